The third kappa shape index (κ3) is 4.18. The van der Waals surface area contributed by atoms with Crippen molar-refractivity contribution in [2.45, 2.75) is 33.5 Å². The molecular weight excluding hydrogens is 362 g/mol. The molecule has 4 rings (SSSR count). The average molecular weight is 392 g/mol. The fourth-order valence-corrected chi connectivity index (χ4v) is 4.29. The zero-order valence-corrected chi connectivity index (χ0v) is 17.3. The molecule has 0 unspecified atom stereocenters. The largest absolute Gasteiger partial charge is 0.368 e. The first kappa shape index (κ1) is 19.6. The van der Waals surface area contributed by atoms with Gasteiger partial charge in [0.15, 0.2) is 0 Å². The molecule has 0 aliphatic carbocycles. The Hall–Kier alpha value is -2.70. The Labute approximate surface area is 171 Å². The maximum absolute atomic E-state index is 11.6. The highest BCUT2D eigenvalue weighted by molar-refractivity contribution is 5.87. The number of fused-ring (bicyclic) bond motifs is 1. The summed E-state index contributed by atoms with van der Waals surface area (Å²) in [6.07, 6.45) is 1.88. The van der Waals surface area contributed by atoms with Gasteiger partial charge in [-0.1, -0.05) is 24.3 Å². The number of amides is 1. The Morgan fingerprint density at radius 2 is 1.69 bits per heavy atom. The SMILES string of the molecule is Cc1cccnc1CN1CCN(Cc2c(C)n(CC(N)=O)c3ccccc23)CC1. The highest BCUT2D eigenvalue weighted by Gasteiger charge is 2.21. The number of primary amides is 1. The standard InChI is InChI=1S/C23H29N5O/c1-17-6-5-9-25-21(17)15-27-12-10-26(11-13-27)14-20-18(2)28(16-23(24)29)22-8-4-3-7-19(20)22/h3-9H,10-16H2,1-2H3,(H2,24,29). The fourth-order valence-electron chi connectivity index (χ4n) is 4.29. The molecule has 1 aliphatic rings. The van der Waals surface area contributed by atoms with E-state index in [1.165, 1.54) is 22.2 Å². The van der Waals surface area contributed by atoms with E-state index in [9.17, 15) is 4.79 Å². The van der Waals surface area contributed by atoms with E-state index in [1.807, 2.05) is 22.9 Å². The lowest BCUT2D eigenvalue weighted by Crippen LogP contribution is -2.45. The van der Waals surface area contributed by atoms with Gasteiger partial charge in [0.2, 0.25) is 5.91 Å². The van der Waals surface area contributed by atoms with Gasteiger partial charge >= 0.3 is 0 Å². The molecule has 6 nitrogen and oxygen atoms in total. The van der Waals surface area contributed by atoms with Crippen molar-refractivity contribution in [2.24, 2.45) is 5.73 Å². The van der Waals surface area contributed by atoms with Crippen LogP contribution in [0.25, 0.3) is 10.9 Å². The zero-order chi connectivity index (χ0) is 20.4. The van der Waals surface area contributed by atoms with Crippen molar-refractivity contribution in [1.29, 1.82) is 0 Å². The second-order valence-electron chi connectivity index (χ2n) is 7.95. The summed E-state index contributed by atoms with van der Waals surface area (Å²) in [5.41, 5.74) is 11.4. The highest BCUT2D eigenvalue weighted by atomic mass is 16.1. The number of pyridine rings is 1. The summed E-state index contributed by atoms with van der Waals surface area (Å²) in [4.78, 5) is 21.1. The topological polar surface area (TPSA) is 67.4 Å². The molecule has 0 bridgehead atoms. The molecule has 0 atom stereocenters. The number of nitrogens with zero attached hydrogens (tertiary/aromatic N) is 4. The monoisotopic (exact) mass is 391 g/mol. The van der Waals surface area contributed by atoms with Crippen LogP contribution in [0.4, 0.5) is 0 Å². The molecule has 1 aliphatic heterocycles. The summed E-state index contributed by atoms with van der Waals surface area (Å²) in [5, 5.41) is 1.22. The molecule has 0 radical (unpaired) electrons. The first-order valence-electron chi connectivity index (χ1n) is 10.2. The number of nitrogens with two attached hydrogens (primary N) is 1. The van der Waals surface area contributed by atoms with Gasteiger partial charge in [0.25, 0.3) is 0 Å². The van der Waals surface area contributed by atoms with Crippen molar-refractivity contribution in [3.63, 3.8) is 0 Å². The van der Waals surface area contributed by atoms with E-state index in [0.717, 1.165) is 50.5 Å². The van der Waals surface area contributed by atoms with E-state index in [2.05, 4.69) is 52.9 Å². The van der Waals surface area contributed by atoms with E-state index in [1.54, 1.807) is 0 Å². The van der Waals surface area contributed by atoms with Gasteiger partial charge in [-0.3, -0.25) is 19.6 Å². The van der Waals surface area contributed by atoms with Crippen molar-refractivity contribution >= 4 is 16.8 Å². The van der Waals surface area contributed by atoms with Gasteiger partial charge in [0.1, 0.15) is 6.54 Å². The minimum atomic E-state index is -0.307. The van der Waals surface area contributed by atoms with Crippen LogP contribution in [-0.4, -0.2) is 51.4 Å². The Morgan fingerprint density at radius 1 is 1.00 bits per heavy atom. The van der Waals surface area contributed by atoms with Crippen molar-refractivity contribution in [2.75, 3.05) is 26.2 Å². The first-order chi connectivity index (χ1) is 14.0. The van der Waals surface area contributed by atoms with Gasteiger partial charge in [-0.05, 0) is 37.1 Å². The highest BCUT2D eigenvalue weighted by Crippen LogP contribution is 2.27. The Balaban J connectivity index is 1.46. The lowest BCUT2D eigenvalue weighted by molar-refractivity contribution is -0.118. The number of aryl methyl sites for hydroxylation is 1. The minimum Gasteiger partial charge on any atom is -0.368 e. The van der Waals surface area contributed by atoms with Crippen LogP contribution in [0.2, 0.25) is 0 Å². The molecule has 152 valence electrons. The third-order valence-corrected chi connectivity index (χ3v) is 6.01. The van der Waals surface area contributed by atoms with Crippen molar-refractivity contribution in [1.82, 2.24) is 19.4 Å². The number of benzene rings is 1. The zero-order valence-electron chi connectivity index (χ0n) is 17.3. The maximum atomic E-state index is 11.6. The van der Waals surface area contributed by atoms with Crippen LogP contribution < -0.4 is 5.73 Å². The molecular formula is C23H29N5O. The van der Waals surface area contributed by atoms with Crippen molar-refractivity contribution in [3.8, 4) is 0 Å². The van der Waals surface area contributed by atoms with Gasteiger partial charge < -0.3 is 10.3 Å². The molecule has 1 aromatic carbocycles. The first-order valence-corrected chi connectivity index (χ1v) is 10.2. The second kappa shape index (κ2) is 8.35. The number of rotatable bonds is 6. The summed E-state index contributed by atoms with van der Waals surface area (Å²) in [5.74, 6) is -0.307. The number of carbonyl (C=O) groups is 1. The van der Waals surface area contributed by atoms with Crippen LogP contribution in [0.3, 0.4) is 0 Å². The number of aromatic nitrogens is 2. The maximum Gasteiger partial charge on any atom is 0.237 e. The van der Waals surface area contributed by atoms with Crippen molar-refractivity contribution < 1.29 is 4.79 Å². The lowest BCUT2D eigenvalue weighted by Gasteiger charge is -2.34. The summed E-state index contributed by atoms with van der Waals surface area (Å²) < 4.78 is 2.05. The average Bonchev–Trinajstić information content (AvgIpc) is 2.97. The predicted molar refractivity (Wildman–Crippen MR) is 115 cm³/mol. The number of piperazine rings is 1. The Morgan fingerprint density at radius 3 is 2.38 bits per heavy atom. The normalized spacial score (nSPS) is 15.8. The molecule has 6 heteroatoms. The number of hydrogen-bond donors (Lipinski definition) is 1. The molecule has 29 heavy (non-hydrogen) atoms. The van der Waals surface area contributed by atoms with Gasteiger partial charge in [-0.15, -0.1) is 0 Å². The predicted octanol–water partition coefficient (Wildman–Crippen LogP) is 2.46. The molecule has 3 heterocycles. The number of carbonyl (C=O) groups excluding carboxylic acids is 1. The smallest absolute Gasteiger partial charge is 0.237 e. The summed E-state index contributed by atoms with van der Waals surface area (Å²) in [6, 6.07) is 12.4. The molecule has 1 amide bonds. The van der Waals surface area contributed by atoms with Crippen molar-refractivity contribution in [3.05, 3.63) is 65.1 Å². The van der Waals surface area contributed by atoms with Crippen LogP contribution in [0, 0.1) is 13.8 Å². The quantitative estimate of drug-likeness (QED) is 0.701. The summed E-state index contributed by atoms with van der Waals surface area (Å²) in [7, 11) is 0. The molecule has 0 spiro atoms. The van der Waals surface area contributed by atoms with Gasteiger partial charge in [-0.2, -0.15) is 0 Å². The molecule has 1 saturated heterocycles. The third-order valence-electron chi connectivity index (χ3n) is 6.01. The number of para-hydroxylation sites is 1. The Kier molecular flexibility index (Phi) is 5.65. The lowest BCUT2D eigenvalue weighted by atomic mass is 10.1. The van der Waals surface area contributed by atoms with E-state index in [4.69, 9.17) is 5.73 Å². The van der Waals surface area contributed by atoms with E-state index in [0.29, 0.717) is 0 Å². The molecule has 0 saturated carbocycles. The van der Waals surface area contributed by atoms with Crippen LogP contribution >= 0.6 is 0 Å². The summed E-state index contributed by atoms with van der Waals surface area (Å²) >= 11 is 0. The van der Waals surface area contributed by atoms with E-state index >= 15 is 0 Å². The van der Waals surface area contributed by atoms with E-state index in [-0.39, 0.29) is 12.5 Å². The second-order valence-corrected chi connectivity index (χ2v) is 7.95. The minimum absolute atomic E-state index is 0.226. The van der Waals surface area contributed by atoms with Gasteiger partial charge in [0.05, 0.1) is 5.69 Å². The molecule has 1 fully saturated rings. The van der Waals surface area contributed by atoms with E-state index < -0.39 is 0 Å². The Bertz CT molecular complexity index is 1020. The molecule has 3 aromatic rings. The van der Waals surface area contributed by atoms with Crippen LogP contribution in [-0.2, 0) is 24.4 Å². The van der Waals surface area contributed by atoms with Crippen LogP contribution in [0.5, 0.6) is 0 Å². The number of hydrogen-bond acceptors (Lipinski definition) is 4. The summed E-state index contributed by atoms with van der Waals surface area (Å²) in [6.45, 7) is 10.4. The van der Waals surface area contributed by atoms with Gasteiger partial charge in [0, 0.05) is 62.1 Å². The molecule has 2 N–H and O–H groups in total. The van der Waals surface area contributed by atoms with Crippen LogP contribution in [0.15, 0.2) is 42.6 Å². The molecule has 2 aromatic heterocycles. The van der Waals surface area contributed by atoms with Crippen LogP contribution in [0.1, 0.15) is 22.5 Å². The van der Waals surface area contributed by atoms with Gasteiger partial charge in [-0.25, -0.2) is 0 Å². The fraction of sp³-hybridized carbons (Fsp3) is 0.391.